The highest BCUT2D eigenvalue weighted by atomic mass is 32.1. The van der Waals surface area contributed by atoms with Gasteiger partial charge in [0, 0.05) is 70.9 Å². The van der Waals surface area contributed by atoms with Crippen LogP contribution in [0.1, 0.15) is 23.1 Å². The van der Waals surface area contributed by atoms with Crippen LogP contribution >= 0.6 is 11.3 Å². The van der Waals surface area contributed by atoms with Gasteiger partial charge in [-0.05, 0) is 82.6 Å². The normalized spacial score (nSPS) is 13.4. The number of aliphatic imine (C=N–C) groups is 2. The predicted octanol–water partition coefficient (Wildman–Crippen LogP) is 15.6. The van der Waals surface area contributed by atoms with E-state index in [-0.39, 0.29) is 0 Å². The molecule has 0 amide bonds. The maximum Gasteiger partial charge on any atom is 0.160 e. The van der Waals surface area contributed by atoms with Crippen LogP contribution in [0.15, 0.2) is 215 Å². The van der Waals surface area contributed by atoms with Crippen molar-refractivity contribution in [1.29, 1.82) is 0 Å². The summed E-state index contributed by atoms with van der Waals surface area (Å²) >= 11 is 1.82. The molecule has 3 aromatic heterocycles. The first-order valence-corrected chi connectivity index (χ1v) is 21.8. The Morgan fingerprint density at radius 2 is 1.18 bits per heavy atom. The summed E-state index contributed by atoms with van der Waals surface area (Å²) in [6, 6.07) is 69.5. The Kier molecular flexibility index (Phi) is 7.81. The van der Waals surface area contributed by atoms with Crippen molar-refractivity contribution in [2.45, 2.75) is 6.42 Å². The monoisotopic (exact) mass is 809 g/mol. The fourth-order valence-corrected chi connectivity index (χ4v) is 10.6. The quantitative estimate of drug-likeness (QED) is 0.171. The molecule has 5 heteroatoms. The van der Waals surface area contributed by atoms with Gasteiger partial charge in [0.05, 0.1) is 28.1 Å². The van der Waals surface area contributed by atoms with Gasteiger partial charge < -0.3 is 8.98 Å². The van der Waals surface area contributed by atoms with Crippen molar-refractivity contribution in [2.75, 3.05) is 0 Å². The van der Waals surface area contributed by atoms with Crippen LogP contribution in [0.3, 0.4) is 0 Å². The second-order valence-corrected chi connectivity index (χ2v) is 17.2. The van der Waals surface area contributed by atoms with Crippen molar-refractivity contribution < 1.29 is 4.42 Å². The topological polar surface area (TPSA) is 42.8 Å². The maximum atomic E-state index is 6.77. The molecule has 4 heterocycles. The molecule has 0 radical (unpaired) electrons. The number of thiophene rings is 1. The minimum atomic E-state index is 0.567. The van der Waals surface area contributed by atoms with Crippen LogP contribution in [-0.2, 0) is 0 Å². The first kappa shape index (κ1) is 34.9. The van der Waals surface area contributed by atoms with E-state index in [1.54, 1.807) is 0 Å². The van der Waals surface area contributed by atoms with Gasteiger partial charge in [0.15, 0.2) is 5.84 Å². The van der Waals surface area contributed by atoms with E-state index in [0.29, 0.717) is 12.3 Å². The van der Waals surface area contributed by atoms with E-state index in [1.807, 2.05) is 17.4 Å². The molecule has 1 aliphatic rings. The molecule has 290 valence electrons. The molecule has 0 N–H and O–H groups in total. The van der Waals surface area contributed by atoms with Crippen molar-refractivity contribution in [3.05, 3.63) is 217 Å². The van der Waals surface area contributed by atoms with Gasteiger partial charge in [-0.15, -0.1) is 11.3 Å². The van der Waals surface area contributed by atoms with E-state index in [2.05, 4.69) is 199 Å². The second-order valence-electron chi connectivity index (χ2n) is 16.1. The zero-order valence-electron chi connectivity index (χ0n) is 33.4. The SMILES string of the molecule is C1=C(c2cccc(-c3ccccc3)c2)N=C(c2ccc3sc4ccccc4c3c2)N=C(c2cc(-n3c4ccccc4c4cc5ccccc5cc43)cc3oc4ccccc4c23)C1. The lowest BCUT2D eigenvalue weighted by atomic mass is 9.98. The van der Waals surface area contributed by atoms with Gasteiger partial charge in [-0.1, -0.05) is 133 Å². The number of para-hydroxylation sites is 2. The van der Waals surface area contributed by atoms with E-state index >= 15 is 0 Å². The van der Waals surface area contributed by atoms with Gasteiger partial charge in [-0.2, -0.15) is 0 Å². The zero-order chi connectivity index (χ0) is 40.7. The minimum absolute atomic E-state index is 0.567. The molecule has 0 aliphatic carbocycles. The van der Waals surface area contributed by atoms with Crippen molar-refractivity contribution >= 4 is 103 Å². The van der Waals surface area contributed by atoms with Gasteiger partial charge in [-0.3, -0.25) is 0 Å². The van der Waals surface area contributed by atoms with Crippen LogP contribution in [0.4, 0.5) is 0 Å². The van der Waals surface area contributed by atoms with E-state index in [9.17, 15) is 0 Å². The molecule has 0 unspecified atom stereocenters. The predicted molar refractivity (Wildman–Crippen MR) is 262 cm³/mol. The number of furan rings is 1. The summed E-state index contributed by atoms with van der Waals surface area (Å²) < 4.78 is 11.7. The van der Waals surface area contributed by atoms with Crippen LogP contribution in [0.2, 0.25) is 0 Å². The van der Waals surface area contributed by atoms with Crippen LogP contribution in [0.5, 0.6) is 0 Å². The molecule has 62 heavy (non-hydrogen) atoms. The fourth-order valence-electron chi connectivity index (χ4n) is 9.52. The lowest BCUT2D eigenvalue weighted by Crippen LogP contribution is -2.07. The van der Waals surface area contributed by atoms with Crippen molar-refractivity contribution in [3.8, 4) is 16.8 Å². The highest BCUT2D eigenvalue weighted by Gasteiger charge is 2.23. The van der Waals surface area contributed by atoms with Crippen LogP contribution in [0, 0.1) is 0 Å². The number of allylic oxidation sites excluding steroid dienone is 1. The summed E-state index contributed by atoms with van der Waals surface area (Å²) in [5.74, 6) is 0.681. The third-order valence-electron chi connectivity index (χ3n) is 12.4. The Morgan fingerprint density at radius 3 is 2.08 bits per heavy atom. The Labute approximate surface area is 360 Å². The van der Waals surface area contributed by atoms with Gasteiger partial charge in [0.25, 0.3) is 0 Å². The number of nitrogens with zero attached hydrogens (tertiary/aromatic N) is 3. The van der Waals surface area contributed by atoms with Crippen molar-refractivity contribution in [3.63, 3.8) is 0 Å². The number of aromatic nitrogens is 1. The van der Waals surface area contributed by atoms with Crippen LogP contribution < -0.4 is 0 Å². The summed E-state index contributed by atoms with van der Waals surface area (Å²) in [4.78, 5) is 11.1. The van der Waals surface area contributed by atoms with E-state index < -0.39 is 0 Å². The number of hydrogen-bond donors (Lipinski definition) is 0. The van der Waals surface area contributed by atoms with E-state index in [1.165, 1.54) is 47.3 Å². The molecule has 13 rings (SSSR count). The highest BCUT2D eigenvalue weighted by Crippen LogP contribution is 2.40. The Bertz CT molecular complexity index is 3900. The first-order valence-electron chi connectivity index (χ1n) is 21.0. The molecule has 0 saturated carbocycles. The third-order valence-corrected chi connectivity index (χ3v) is 13.6. The van der Waals surface area contributed by atoms with Gasteiger partial charge in [-0.25, -0.2) is 9.98 Å². The second kappa shape index (κ2) is 13.8. The molecular formula is C57H35N3OS. The number of fused-ring (bicyclic) bond motifs is 10. The average molecular weight is 810 g/mol. The van der Waals surface area contributed by atoms with E-state index in [4.69, 9.17) is 14.4 Å². The molecule has 0 bridgehead atoms. The van der Waals surface area contributed by atoms with Gasteiger partial charge >= 0.3 is 0 Å². The number of amidine groups is 1. The standard InChI is InChI=1S/C57H35N3OS/c1-2-13-35(14-3-1)36-17-12-18-39(29-36)48-26-27-49(59-57(58-48)40-25-28-55-46(31-40)43-20-8-11-24-54(43)62-55)47-33-41(34-53-56(47)44-21-7-10-23-52(44)61-53)60-50-22-9-6-19-42(50)45-30-37-15-4-5-16-38(37)32-51(45)60/h1-26,28-34H,27H2. The van der Waals surface area contributed by atoms with Crippen LogP contribution in [0.25, 0.3) is 97.2 Å². The molecule has 1 aliphatic heterocycles. The van der Waals surface area contributed by atoms with Gasteiger partial charge in [0.2, 0.25) is 0 Å². The van der Waals surface area contributed by atoms with Crippen molar-refractivity contribution in [1.82, 2.24) is 4.57 Å². The molecule has 0 fully saturated rings. The summed E-state index contributed by atoms with van der Waals surface area (Å²) in [7, 11) is 0. The van der Waals surface area contributed by atoms with Crippen LogP contribution in [-0.4, -0.2) is 16.1 Å². The first-order chi connectivity index (χ1) is 30.7. The van der Waals surface area contributed by atoms with E-state index in [0.717, 1.165) is 72.3 Å². The Balaban J connectivity index is 1.07. The average Bonchev–Trinajstić information content (AvgIpc) is 3.93. The number of hydrogen-bond acceptors (Lipinski definition) is 4. The molecular weight excluding hydrogens is 775 g/mol. The fraction of sp³-hybridized carbons (Fsp3) is 0.0175. The number of rotatable bonds is 5. The largest absolute Gasteiger partial charge is 0.456 e. The lowest BCUT2D eigenvalue weighted by Gasteiger charge is -2.13. The lowest BCUT2D eigenvalue weighted by molar-refractivity contribution is 0.668. The zero-order valence-corrected chi connectivity index (χ0v) is 34.2. The summed E-state index contributed by atoms with van der Waals surface area (Å²) in [5, 5.41) is 9.43. The molecule has 0 spiro atoms. The number of benzene rings is 9. The molecule has 4 nitrogen and oxygen atoms in total. The summed E-state index contributed by atoms with van der Waals surface area (Å²) in [5.41, 5.74) is 12.2. The highest BCUT2D eigenvalue weighted by molar-refractivity contribution is 7.25. The Morgan fingerprint density at radius 1 is 0.452 bits per heavy atom. The smallest absolute Gasteiger partial charge is 0.160 e. The minimum Gasteiger partial charge on any atom is -0.456 e. The Hall–Kier alpha value is -7.86. The summed E-state index contributed by atoms with van der Waals surface area (Å²) in [6.45, 7) is 0. The summed E-state index contributed by atoms with van der Waals surface area (Å²) in [6.07, 6.45) is 2.82. The molecule has 12 aromatic rings. The third kappa shape index (κ3) is 5.59. The van der Waals surface area contributed by atoms with Gasteiger partial charge in [0.1, 0.15) is 11.2 Å². The molecule has 9 aromatic carbocycles. The van der Waals surface area contributed by atoms with Crippen molar-refractivity contribution in [2.24, 2.45) is 9.98 Å². The maximum absolute atomic E-state index is 6.77. The molecule has 0 atom stereocenters. The molecule has 0 saturated heterocycles.